The van der Waals surface area contributed by atoms with Crippen molar-refractivity contribution in [1.82, 2.24) is 0 Å². The number of nitrogens with one attached hydrogen (secondary N) is 1. The Morgan fingerprint density at radius 1 is 1.21 bits per heavy atom. The summed E-state index contributed by atoms with van der Waals surface area (Å²) in [5, 5.41) is 3.59. The summed E-state index contributed by atoms with van der Waals surface area (Å²) in [4.78, 5) is 0. The quantitative estimate of drug-likeness (QED) is 0.711. The Balaban J connectivity index is 2.38. The predicted molar refractivity (Wildman–Crippen MR) is 61.7 cm³/mol. The zero-order valence-corrected chi connectivity index (χ0v) is 9.25. The molecule has 1 nitrogen and oxygen atoms in total. The van der Waals surface area contributed by atoms with E-state index in [1.54, 1.807) is 0 Å². The molecule has 3 unspecified atom stereocenters. The highest BCUT2D eigenvalue weighted by atomic mass is 14.9. The average Bonchev–Trinajstić information content (AvgIpc) is 2.18. The van der Waals surface area contributed by atoms with Crippen molar-refractivity contribution in [2.75, 3.05) is 5.32 Å². The van der Waals surface area contributed by atoms with Gasteiger partial charge in [0.05, 0.1) is 0 Å². The third-order valence-electron chi connectivity index (χ3n) is 3.59. The van der Waals surface area contributed by atoms with E-state index >= 15 is 0 Å². The van der Waals surface area contributed by atoms with Crippen LogP contribution in [0.1, 0.15) is 38.7 Å². The van der Waals surface area contributed by atoms with E-state index in [2.05, 4.69) is 50.4 Å². The summed E-state index contributed by atoms with van der Waals surface area (Å²) >= 11 is 0. The molecule has 0 spiro atoms. The second-order valence-corrected chi connectivity index (χ2v) is 4.38. The minimum Gasteiger partial charge on any atom is -0.382 e. The minimum atomic E-state index is 0.602. The van der Waals surface area contributed by atoms with Crippen LogP contribution in [-0.4, -0.2) is 6.04 Å². The molecule has 0 saturated heterocycles. The van der Waals surface area contributed by atoms with Crippen LogP contribution in [0.4, 0.5) is 5.69 Å². The van der Waals surface area contributed by atoms with E-state index in [0.29, 0.717) is 12.0 Å². The molecule has 0 radical (unpaired) electrons. The molecule has 2 rings (SSSR count). The standard InChI is InChI=1S/C13H19N/c1-4-11-9(2)12-7-5-6-8-13(12)14-10(11)3/h5-11,14H,4H2,1-3H3. The summed E-state index contributed by atoms with van der Waals surface area (Å²) in [5.41, 5.74) is 2.81. The Labute approximate surface area is 86.5 Å². The largest absolute Gasteiger partial charge is 0.382 e. The molecule has 1 N–H and O–H groups in total. The first-order valence-corrected chi connectivity index (χ1v) is 5.59. The fraction of sp³-hybridized carbons (Fsp3) is 0.538. The number of rotatable bonds is 1. The molecule has 1 heterocycles. The van der Waals surface area contributed by atoms with Gasteiger partial charge in [-0.05, 0) is 30.4 Å². The predicted octanol–water partition coefficient (Wildman–Crippen LogP) is 3.63. The molecule has 1 heteroatoms. The maximum Gasteiger partial charge on any atom is 0.0377 e. The highest BCUT2D eigenvalue weighted by molar-refractivity contribution is 5.55. The molecule has 14 heavy (non-hydrogen) atoms. The van der Waals surface area contributed by atoms with Gasteiger partial charge in [0.25, 0.3) is 0 Å². The van der Waals surface area contributed by atoms with E-state index in [1.807, 2.05) is 0 Å². The summed E-state index contributed by atoms with van der Waals surface area (Å²) in [6.45, 7) is 6.93. The molecule has 76 valence electrons. The summed E-state index contributed by atoms with van der Waals surface area (Å²) in [5.74, 6) is 1.46. The van der Waals surface area contributed by atoms with E-state index in [9.17, 15) is 0 Å². The van der Waals surface area contributed by atoms with E-state index in [0.717, 1.165) is 5.92 Å². The maximum absolute atomic E-state index is 3.59. The molecule has 0 aliphatic carbocycles. The number of anilines is 1. The van der Waals surface area contributed by atoms with Gasteiger partial charge >= 0.3 is 0 Å². The molecule has 0 fully saturated rings. The number of benzene rings is 1. The van der Waals surface area contributed by atoms with Gasteiger partial charge in [-0.2, -0.15) is 0 Å². The SMILES string of the molecule is CCC1C(C)Nc2ccccc2C1C. The smallest absolute Gasteiger partial charge is 0.0377 e. The van der Waals surface area contributed by atoms with E-state index < -0.39 is 0 Å². The lowest BCUT2D eigenvalue weighted by molar-refractivity contribution is 0.374. The summed E-state index contributed by atoms with van der Waals surface area (Å²) < 4.78 is 0. The first-order valence-electron chi connectivity index (χ1n) is 5.59. The van der Waals surface area contributed by atoms with Crippen molar-refractivity contribution in [3.05, 3.63) is 29.8 Å². The van der Waals surface area contributed by atoms with Crippen LogP contribution < -0.4 is 5.32 Å². The van der Waals surface area contributed by atoms with Gasteiger partial charge in [-0.15, -0.1) is 0 Å². The highest BCUT2D eigenvalue weighted by Crippen LogP contribution is 2.39. The summed E-state index contributed by atoms with van der Waals surface area (Å²) in [7, 11) is 0. The number of hydrogen-bond donors (Lipinski definition) is 1. The third-order valence-corrected chi connectivity index (χ3v) is 3.59. The second-order valence-electron chi connectivity index (χ2n) is 4.38. The highest BCUT2D eigenvalue weighted by Gasteiger charge is 2.29. The lowest BCUT2D eigenvalue weighted by atomic mass is 9.78. The van der Waals surface area contributed by atoms with E-state index in [1.165, 1.54) is 17.7 Å². The zero-order chi connectivity index (χ0) is 10.1. The van der Waals surface area contributed by atoms with Crippen LogP contribution in [0.3, 0.4) is 0 Å². The van der Waals surface area contributed by atoms with Gasteiger partial charge in [-0.3, -0.25) is 0 Å². The van der Waals surface area contributed by atoms with Crippen LogP contribution in [-0.2, 0) is 0 Å². The minimum absolute atomic E-state index is 0.602. The molecule has 1 aromatic rings. The monoisotopic (exact) mass is 189 g/mol. The summed E-state index contributed by atoms with van der Waals surface area (Å²) in [6, 6.07) is 9.29. The van der Waals surface area contributed by atoms with Crippen molar-refractivity contribution in [2.24, 2.45) is 5.92 Å². The second kappa shape index (κ2) is 3.64. The van der Waals surface area contributed by atoms with Crippen molar-refractivity contribution in [3.63, 3.8) is 0 Å². The van der Waals surface area contributed by atoms with Gasteiger partial charge in [0.15, 0.2) is 0 Å². The van der Waals surface area contributed by atoms with Crippen molar-refractivity contribution < 1.29 is 0 Å². The molecule has 3 atom stereocenters. The van der Waals surface area contributed by atoms with E-state index in [4.69, 9.17) is 0 Å². The van der Waals surface area contributed by atoms with Gasteiger partial charge in [0.2, 0.25) is 0 Å². The van der Waals surface area contributed by atoms with Gasteiger partial charge in [-0.25, -0.2) is 0 Å². The number of fused-ring (bicyclic) bond motifs is 1. The maximum atomic E-state index is 3.59. The molecule has 0 amide bonds. The Kier molecular flexibility index (Phi) is 2.49. The molecule has 1 aliphatic rings. The van der Waals surface area contributed by atoms with Gasteiger partial charge in [0.1, 0.15) is 0 Å². The number of para-hydroxylation sites is 1. The lowest BCUT2D eigenvalue weighted by Gasteiger charge is -2.37. The lowest BCUT2D eigenvalue weighted by Crippen LogP contribution is -2.34. The van der Waals surface area contributed by atoms with Gasteiger partial charge in [-0.1, -0.05) is 38.5 Å². The first-order chi connectivity index (χ1) is 6.74. The molecular formula is C13H19N. The van der Waals surface area contributed by atoms with Crippen LogP contribution in [0.25, 0.3) is 0 Å². The molecule has 1 aromatic carbocycles. The zero-order valence-electron chi connectivity index (χ0n) is 9.25. The normalized spacial score (nSPS) is 30.6. The Morgan fingerprint density at radius 2 is 1.93 bits per heavy atom. The third kappa shape index (κ3) is 1.41. The molecule has 0 aromatic heterocycles. The molecular weight excluding hydrogens is 170 g/mol. The van der Waals surface area contributed by atoms with E-state index in [-0.39, 0.29) is 0 Å². The summed E-state index contributed by atoms with van der Waals surface area (Å²) in [6.07, 6.45) is 1.25. The molecule has 0 saturated carbocycles. The van der Waals surface area contributed by atoms with Crippen LogP contribution in [0.15, 0.2) is 24.3 Å². The van der Waals surface area contributed by atoms with Gasteiger partial charge < -0.3 is 5.32 Å². The fourth-order valence-electron chi connectivity index (χ4n) is 2.75. The topological polar surface area (TPSA) is 12.0 Å². The van der Waals surface area contributed by atoms with Crippen LogP contribution in [0.2, 0.25) is 0 Å². The van der Waals surface area contributed by atoms with Crippen molar-refractivity contribution >= 4 is 5.69 Å². The molecule has 1 aliphatic heterocycles. The Bertz CT molecular complexity index is 319. The van der Waals surface area contributed by atoms with Crippen molar-refractivity contribution in [1.29, 1.82) is 0 Å². The Hall–Kier alpha value is -0.980. The first kappa shape index (κ1) is 9.57. The molecule has 0 bridgehead atoms. The van der Waals surface area contributed by atoms with Crippen LogP contribution in [0.5, 0.6) is 0 Å². The number of hydrogen-bond acceptors (Lipinski definition) is 1. The average molecular weight is 189 g/mol. The van der Waals surface area contributed by atoms with Gasteiger partial charge in [0, 0.05) is 11.7 Å². The van der Waals surface area contributed by atoms with Crippen LogP contribution >= 0.6 is 0 Å². The van der Waals surface area contributed by atoms with Crippen molar-refractivity contribution in [2.45, 2.75) is 39.2 Å². The van der Waals surface area contributed by atoms with Crippen LogP contribution in [0, 0.1) is 5.92 Å². The fourth-order valence-corrected chi connectivity index (χ4v) is 2.75. The Morgan fingerprint density at radius 3 is 2.64 bits per heavy atom. The van der Waals surface area contributed by atoms with Crippen molar-refractivity contribution in [3.8, 4) is 0 Å².